The van der Waals surface area contributed by atoms with Gasteiger partial charge in [0.1, 0.15) is 11.9 Å². The number of fused-ring (bicyclic) bond motifs is 1. The number of nitrogens with two attached hydrogens (primary N) is 1. The van der Waals surface area contributed by atoms with Gasteiger partial charge in [-0.25, -0.2) is 4.98 Å². The molecule has 84 valence electrons. The molecule has 1 aliphatic rings. The van der Waals surface area contributed by atoms with Crippen molar-refractivity contribution in [1.82, 2.24) is 19.3 Å². The molecule has 3 heterocycles. The van der Waals surface area contributed by atoms with Gasteiger partial charge in [0, 0.05) is 25.1 Å². The Morgan fingerprint density at radius 2 is 2.38 bits per heavy atom. The Morgan fingerprint density at radius 3 is 3.12 bits per heavy atom. The first-order valence-corrected chi connectivity index (χ1v) is 5.58. The van der Waals surface area contributed by atoms with E-state index in [9.17, 15) is 0 Å². The Balaban J connectivity index is 2.03. The van der Waals surface area contributed by atoms with E-state index in [1.54, 1.807) is 0 Å². The van der Waals surface area contributed by atoms with Crippen LogP contribution in [-0.2, 0) is 6.54 Å². The first kappa shape index (κ1) is 9.45. The summed E-state index contributed by atoms with van der Waals surface area (Å²) in [7, 11) is 0. The molecule has 0 radical (unpaired) electrons. The van der Waals surface area contributed by atoms with E-state index in [2.05, 4.69) is 14.6 Å². The molecule has 0 aliphatic carbocycles. The number of anilines is 1. The summed E-state index contributed by atoms with van der Waals surface area (Å²) in [6, 6.07) is 0.236. The van der Waals surface area contributed by atoms with Crippen LogP contribution in [0.25, 0.3) is 0 Å². The molecule has 16 heavy (non-hydrogen) atoms. The summed E-state index contributed by atoms with van der Waals surface area (Å²) in [6.45, 7) is 2.99. The zero-order valence-corrected chi connectivity index (χ0v) is 9.30. The molecule has 0 saturated carbocycles. The Labute approximate surface area is 93.9 Å². The Hall–Kier alpha value is -1.78. The van der Waals surface area contributed by atoms with E-state index in [1.807, 2.05) is 30.2 Å². The number of rotatable bonds is 1. The number of hydrogen-bond acceptors (Lipinski definition) is 3. The van der Waals surface area contributed by atoms with Gasteiger partial charge in [-0.2, -0.15) is 5.10 Å². The highest BCUT2D eigenvalue weighted by Gasteiger charge is 2.23. The number of nitrogen functional groups attached to an aromatic ring is 1. The molecule has 0 spiro atoms. The Kier molecular flexibility index (Phi) is 1.99. The number of nitrogens with zero attached hydrogens (tertiary/aromatic N) is 4. The molecular weight excluding hydrogens is 202 g/mol. The number of aromatic nitrogens is 4. The van der Waals surface area contributed by atoms with Gasteiger partial charge in [-0.15, -0.1) is 0 Å². The molecule has 3 rings (SSSR count). The predicted octanol–water partition coefficient (Wildman–Crippen LogP) is 1.35. The van der Waals surface area contributed by atoms with Gasteiger partial charge in [-0.1, -0.05) is 0 Å². The van der Waals surface area contributed by atoms with Gasteiger partial charge in [0.25, 0.3) is 0 Å². The minimum absolute atomic E-state index is 0.236. The third-order valence-corrected chi connectivity index (χ3v) is 3.20. The summed E-state index contributed by atoms with van der Waals surface area (Å²) in [5.41, 5.74) is 7.48. The molecule has 0 aromatic carbocycles. The van der Waals surface area contributed by atoms with Crippen LogP contribution in [0.5, 0.6) is 0 Å². The molecule has 0 bridgehead atoms. The van der Waals surface area contributed by atoms with Crippen LogP contribution in [0.2, 0.25) is 0 Å². The van der Waals surface area contributed by atoms with Gasteiger partial charge >= 0.3 is 0 Å². The minimum Gasteiger partial charge on any atom is -0.396 e. The van der Waals surface area contributed by atoms with E-state index in [1.165, 1.54) is 0 Å². The second-order valence-electron chi connectivity index (χ2n) is 4.29. The van der Waals surface area contributed by atoms with Crippen molar-refractivity contribution in [3.8, 4) is 0 Å². The van der Waals surface area contributed by atoms with Crippen molar-refractivity contribution in [3.05, 3.63) is 30.1 Å². The fraction of sp³-hybridized carbons (Fsp3) is 0.455. The first-order chi connectivity index (χ1) is 7.75. The topological polar surface area (TPSA) is 61.7 Å². The quantitative estimate of drug-likeness (QED) is 0.784. The summed E-state index contributed by atoms with van der Waals surface area (Å²) in [5, 5.41) is 4.45. The highest BCUT2D eigenvalue weighted by atomic mass is 15.3. The van der Waals surface area contributed by atoms with Gasteiger partial charge in [0.05, 0.1) is 11.4 Å². The molecule has 0 fully saturated rings. The lowest BCUT2D eigenvalue weighted by Gasteiger charge is -2.23. The maximum atomic E-state index is 5.83. The summed E-state index contributed by atoms with van der Waals surface area (Å²) in [5.74, 6) is 1.09. The van der Waals surface area contributed by atoms with E-state index < -0.39 is 0 Å². The molecule has 2 aromatic heterocycles. The number of hydrogen-bond donors (Lipinski definition) is 1. The smallest absolute Gasteiger partial charge is 0.133 e. The lowest BCUT2D eigenvalue weighted by molar-refractivity contribution is 0.378. The second-order valence-corrected chi connectivity index (χ2v) is 4.29. The monoisotopic (exact) mass is 217 g/mol. The molecule has 2 aromatic rings. The molecule has 5 nitrogen and oxygen atoms in total. The van der Waals surface area contributed by atoms with Crippen molar-refractivity contribution in [2.45, 2.75) is 32.4 Å². The first-order valence-electron chi connectivity index (χ1n) is 5.58. The summed E-state index contributed by atoms with van der Waals surface area (Å²) in [4.78, 5) is 4.41. The van der Waals surface area contributed by atoms with Crippen molar-refractivity contribution in [2.75, 3.05) is 5.73 Å². The molecule has 1 unspecified atom stereocenters. The molecule has 1 atom stereocenters. The van der Waals surface area contributed by atoms with Crippen molar-refractivity contribution >= 4 is 5.69 Å². The zero-order valence-electron chi connectivity index (χ0n) is 9.30. The number of aryl methyl sites for hydroxylation is 2. The lowest BCUT2D eigenvalue weighted by atomic mass is 10.1. The SMILES string of the molecule is Cc1nn(C2CCCn3ccnc32)cc1N. The standard InChI is InChI=1S/C11H15N5/c1-8-9(12)7-16(14-8)10-3-2-5-15-6-4-13-11(10)15/h4,6-7,10H,2-3,5,12H2,1H3. The van der Waals surface area contributed by atoms with Crippen LogP contribution in [-0.4, -0.2) is 19.3 Å². The van der Waals surface area contributed by atoms with Crippen molar-refractivity contribution in [2.24, 2.45) is 0 Å². The van der Waals surface area contributed by atoms with Crippen LogP contribution >= 0.6 is 0 Å². The molecule has 0 amide bonds. The van der Waals surface area contributed by atoms with Crippen LogP contribution in [0.15, 0.2) is 18.6 Å². The third-order valence-electron chi connectivity index (χ3n) is 3.20. The molecule has 2 N–H and O–H groups in total. The number of imidazole rings is 1. The fourth-order valence-corrected chi connectivity index (χ4v) is 2.30. The van der Waals surface area contributed by atoms with E-state index in [0.29, 0.717) is 0 Å². The highest BCUT2D eigenvalue weighted by molar-refractivity contribution is 5.39. The van der Waals surface area contributed by atoms with Crippen LogP contribution in [0.1, 0.15) is 30.4 Å². The summed E-state index contributed by atoms with van der Waals surface area (Å²) in [6.07, 6.45) is 8.03. The maximum absolute atomic E-state index is 5.83. The van der Waals surface area contributed by atoms with Gasteiger partial charge in [0.2, 0.25) is 0 Å². The van der Waals surface area contributed by atoms with Crippen LogP contribution < -0.4 is 5.73 Å². The zero-order chi connectivity index (χ0) is 11.1. The van der Waals surface area contributed by atoms with Crippen molar-refractivity contribution in [3.63, 3.8) is 0 Å². The van der Waals surface area contributed by atoms with Crippen LogP contribution in [0.4, 0.5) is 5.69 Å². The largest absolute Gasteiger partial charge is 0.396 e. The van der Waals surface area contributed by atoms with E-state index >= 15 is 0 Å². The average Bonchev–Trinajstić information content (AvgIpc) is 2.85. The van der Waals surface area contributed by atoms with Gasteiger partial charge < -0.3 is 10.3 Å². The maximum Gasteiger partial charge on any atom is 0.133 e. The minimum atomic E-state index is 0.236. The van der Waals surface area contributed by atoms with Crippen LogP contribution in [0.3, 0.4) is 0 Å². The van der Waals surface area contributed by atoms with Gasteiger partial charge in [-0.3, -0.25) is 4.68 Å². The highest BCUT2D eigenvalue weighted by Crippen LogP contribution is 2.27. The molecular formula is C11H15N5. The third kappa shape index (κ3) is 1.31. The predicted molar refractivity (Wildman–Crippen MR) is 61.0 cm³/mol. The Morgan fingerprint density at radius 1 is 1.50 bits per heavy atom. The Bertz CT molecular complexity index is 491. The van der Waals surface area contributed by atoms with E-state index in [0.717, 1.165) is 36.6 Å². The van der Waals surface area contributed by atoms with Crippen LogP contribution in [0, 0.1) is 6.92 Å². The van der Waals surface area contributed by atoms with Gasteiger partial charge in [0.15, 0.2) is 0 Å². The summed E-state index contributed by atoms with van der Waals surface area (Å²) < 4.78 is 4.14. The normalized spacial score (nSPS) is 19.7. The second kappa shape index (κ2) is 3.37. The molecule has 0 saturated heterocycles. The molecule has 1 aliphatic heterocycles. The van der Waals surface area contributed by atoms with Crippen molar-refractivity contribution < 1.29 is 0 Å². The van der Waals surface area contributed by atoms with Crippen molar-refractivity contribution in [1.29, 1.82) is 0 Å². The lowest BCUT2D eigenvalue weighted by Crippen LogP contribution is -2.22. The van der Waals surface area contributed by atoms with E-state index in [-0.39, 0.29) is 6.04 Å². The summed E-state index contributed by atoms with van der Waals surface area (Å²) >= 11 is 0. The average molecular weight is 217 g/mol. The van der Waals surface area contributed by atoms with E-state index in [4.69, 9.17) is 5.73 Å². The fourth-order valence-electron chi connectivity index (χ4n) is 2.30. The van der Waals surface area contributed by atoms with Gasteiger partial charge in [-0.05, 0) is 19.8 Å². The molecule has 5 heteroatoms.